The van der Waals surface area contributed by atoms with Gasteiger partial charge in [0.1, 0.15) is 5.58 Å². The molecule has 0 atom stereocenters. The van der Waals surface area contributed by atoms with E-state index in [1.54, 1.807) is 6.07 Å². The van der Waals surface area contributed by atoms with Crippen molar-refractivity contribution in [3.8, 4) is 11.5 Å². The van der Waals surface area contributed by atoms with E-state index in [0.29, 0.717) is 22.4 Å². The first kappa shape index (κ1) is 18.6. The second-order valence-corrected chi connectivity index (χ2v) is 8.14. The van der Waals surface area contributed by atoms with E-state index in [0.717, 1.165) is 27.3 Å². The van der Waals surface area contributed by atoms with Gasteiger partial charge in [0.15, 0.2) is 0 Å². The van der Waals surface area contributed by atoms with Crippen molar-refractivity contribution in [2.45, 2.75) is 24.8 Å². The van der Waals surface area contributed by atoms with Gasteiger partial charge in [0.2, 0.25) is 5.89 Å². The third-order valence-electron chi connectivity index (χ3n) is 5.23. The lowest BCUT2D eigenvalue weighted by atomic mass is 10.0. The van der Waals surface area contributed by atoms with Gasteiger partial charge in [-0.15, -0.1) is 10.2 Å². The molecule has 0 unspecified atom stereocenters. The second-order valence-electron chi connectivity index (χ2n) is 7.21. The number of rotatable bonds is 4. The summed E-state index contributed by atoms with van der Waals surface area (Å²) in [5.74, 6) is 1.01. The number of thioether (sulfide) groups is 1. The Kier molecular flexibility index (Phi) is 4.64. The Hall–Kier alpha value is -3.38. The number of hydrogen-bond donors (Lipinski definition) is 0. The first-order chi connectivity index (χ1) is 14.6. The summed E-state index contributed by atoms with van der Waals surface area (Å²) in [5.41, 5.74) is 4.39. The zero-order valence-corrected chi connectivity index (χ0v) is 17.3. The number of nitrogens with zero attached hydrogens (tertiary/aromatic N) is 2. The molecule has 0 aliphatic heterocycles. The van der Waals surface area contributed by atoms with Crippen molar-refractivity contribution in [1.82, 2.24) is 10.2 Å². The molecular formula is C24H18N2O3S. The zero-order valence-electron chi connectivity index (χ0n) is 16.5. The molecule has 0 aliphatic carbocycles. The van der Waals surface area contributed by atoms with Crippen molar-refractivity contribution >= 4 is 33.5 Å². The second kappa shape index (κ2) is 7.46. The maximum Gasteiger partial charge on any atom is 0.336 e. The largest absolute Gasteiger partial charge is 0.423 e. The van der Waals surface area contributed by atoms with Gasteiger partial charge in [-0.2, -0.15) is 0 Å². The summed E-state index contributed by atoms with van der Waals surface area (Å²) in [5, 5.41) is 11.9. The average Bonchev–Trinajstić information content (AvgIpc) is 3.22. The van der Waals surface area contributed by atoms with Gasteiger partial charge in [-0.25, -0.2) is 4.79 Å². The van der Waals surface area contributed by atoms with Gasteiger partial charge in [0, 0.05) is 22.8 Å². The standard InChI is InChI=1S/C24H18N2O3S/c1-14-7-8-17(11-15(14)2)23-25-26-24(29-23)30-13-18-12-21(27)28-20-10-9-16-5-3-4-6-19(16)22(18)20/h3-12H,13H2,1-2H3. The van der Waals surface area contributed by atoms with Crippen LogP contribution in [0, 0.1) is 13.8 Å². The summed E-state index contributed by atoms with van der Waals surface area (Å²) in [6.45, 7) is 4.12. The molecule has 0 aliphatic rings. The fourth-order valence-corrected chi connectivity index (χ4v) is 4.28. The normalized spacial score (nSPS) is 11.4. The summed E-state index contributed by atoms with van der Waals surface area (Å²) in [4.78, 5) is 12.1. The van der Waals surface area contributed by atoms with Crippen molar-refractivity contribution in [3.63, 3.8) is 0 Å². The highest BCUT2D eigenvalue weighted by molar-refractivity contribution is 7.98. The van der Waals surface area contributed by atoms with E-state index in [-0.39, 0.29) is 5.63 Å². The highest BCUT2D eigenvalue weighted by Crippen LogP contribution is 2.32. The van der Waals surface area contributed by atoms with Crippen molar-refractivity contribution in [3.05, 3.63) is 87.8 Å². The highest BCUT2D eigenvalue weighted by Gasteiger charge is 2.13. The lowest BCUT2D eigenvalue weighted by molar-refractivity contribution is 0.466. The summed E-state index contributed by atoms with van der Waals surface area (Å²) >= 11 is 1.41. The fourth-order valence-electron chi connectivity index (χ4n) is 3.53. The van der Waals surface area contributed by atoms with Crippen molar-refractivity contribution in [2.24, 2.45) is 0 Å². The number of hydrogen-bond acceptors (Lipinski definition) is 6. The van der Waals surface area contributed by atoms with Crippen molar-refractivity contribution < 1.29 is 8.83 Å². The molecule has 5 rings (SSSR count). The summed E-state index contributed by atoms with van der Waals surface area (Å²) in [6.07, 6.45) is 0. The number of fused-ring (bicyclic) bond motifs is 3. The van der Waals surface area contributed by atoms with Crippen LogP contribution in [0.5, 0.6) is 0 Å². The molecule has 2 aromatic heterocycles. The van der Waals surface area contributed by atoms with Crippen LogP contribution in [0.3, 0.4) is 0 Å². The molecule has 0 N–H and O–H groups in total. The predicted molar refractivity (Wildman–Crippen MR) is 119 cm³/mol. The highest BCUT2D eigenvalue weighted by atomic mass is 32.2. The number of benzene rings is 3. The molecule has 0 amide bonds. The molecule has 0 bridgehead atoms. The molecule has 5 nitrogen and oxygen atoms in total. The Morgan fingerprint density at radius 2 is 1.77 bits per heavy atom. The van der Waals surface area contributed by atoms with Crippen LogP contribution in [0.25, 0.3) is 33.2 Å². The van der Waals surface area contributed by atoms with E-state index >= 15 is 0 Å². The van der Waals surface area contributed by atoms with Gasteiger partial charge in [0.05, 0.1) is 0 Å². The Bertz CT molecular complexity index is 1450. The third-order valence-corrected chi connectivity index (χ3v) is 6.09. The smallest absolute Gasteiger partial charge is 0.336 e. The predicted octanol–water partition coefficient (Wildman–Crippen LogP) is 5.91. The quantitative estimate of drug-likeness (QED) is 0.207. The van der Waals surface area contributed by atoms with Crippen LogP contribution in [-0.4, -0.2) is 10.2 Å². The minimum Gasteiger partial charge on any atom is -0.423 e. The zero-order chi connectivity index (χ0) is 20.7. The molecule has 30 heavy (non-hydrogen) atoms. The van der Waals surface area contributed by atoms with E-state index in [2.05, 4.69) is 24.0 Å². The third kappa shape index (κ3) is 3.39. The SMILES string of the molecule is Cc1ccc(-c2nnc(SCc3cc(=O)oc4ccc5ccccc5c34)o2)cc1C. The minimum atomic E-state index is -0.366. The molecule has 148 valence electrons. The van der Waals surface area contributed by atoms with E-state index in [1.165, 1.54) is 22.9 Å². The first-order valence-electron chi connectivity index (χ1n) is 9.57. The Morgan fingerprint density at radius 1 is 0.900 bits per heavy atom. The Balaban J connectivity index is 1.48. The Morgan fingerprint density at radius 3 is 2.63 bits per heavy atom. The molecule has 2 heterocycles. The van der Waals surface area contributed by atoms with Crippen molar-refractivity contribution in [1.29, 1.82) is 0 Å². The summed E-state index contributed by atoms with van der Waals surface area (Å²) in [6, 6.07) is 19.5. The molecule has 0 saturated heterocycles. The van der Waals surface area contributed by atoms with Gasteiger partial charge in [-0.1, -0.05) is 48.2 Å². The topological polar surface area (TPSA) is 69.1 Å². The summed E-state index contributed by atoms with van der Waals surface area (Å²) < 4.78 is 11.3. The number of aromatic nitrogens is 2. The van der Waals surface area contributed by atoms with E-state index in [4.69, 9.17) is 8.83 Å². The van der Waals surface area contributed by atoms with Crippen LogP contribution in [0.1, 0.15) is 16.7 Å². The maximum absolute atomic E-state index is 12.1. The molecule has 5 aromatic rings. The lowest BCUT2D eigenvalue weighted by Crippen LogP contribution is -2.00. The number of aryl methyl sites for hydroxylation is 2. The molecular weight excluding hydrogens is 396 g/mol. The van der Waals surface area contributed by atoms with Gasteiger partial charge in [-0.3, -0.25) is 0 Å². The van der Waals surface area contributed by atoms with Crippen LogP contribution in [0.4, 0.5) is 0 Å². The van der Waals surface area contributed by atoms with E-state index in [9.17, 15) is 4.79 Å². The average molecular weight is 414 g/mol. The molecule has 6 heteroatoms. The van der Waals surface area contributed by atoms with Crippen LogP contribution in [-0.2, 0) is 5.75 Å². The minimum absolute atomic E-state index is 0.366. The van der Waals surface area contributed by atoms with Gasteiger partial charge in [0.25, 0.3) is 5.22 Å². The van der Waals surface area contributed by atoms with Crippen LogP contribution in [0.2, 0.25) is 0 Å². The van der Waals surface area contributed by atoms with Crippen molar-refractivity contribution in [2.75, 3.05) is 0 Å². The molecule has 0 saturated carbocycles. The molecule has 0 radical (unpaired) electrons. The summed E-state index contributed by atoms with van der Waals surface area (Å²) in [7, 11) is 0. The Labute approximate surface area is 176 Å². The van der Waals surface area contributed by atoms with Gasteiger partial charge < -0.3 is 8.83 Å². The van der Waals surface area contributed by atoms with Crippen LogP contribution >= 0.6 is 11.8 Å². The monoisotopic (exact) mass is 414 g/mol. The van der Waals surface area contributed by atoms with Gasteiger partial charge >= 0.3 is 5.63 Å². The van der Waals surface area contributed by atoms with Crippen LogP contribution < -0.4 is 5.63 Å². The molecule has 3 aromatic carbocycles. The van der Waals surface area contributed by atoms with Crippen LogP contribution in [0.15, 0.2) is 79.5 Å². The maximum atomic E-state index is 12.1. The van der Waals surface area contributed by atoms with E-state index < -0.39 is 0 Å². The first-order valence-corrected chi connectivity index (χ1v) is 10.6. The lowest BCUT2D eigenvalue weighted by Gasteiger charge is -2.07. The van der Waals surface area contributed by atoms with E-state index in [1.807, 2.05) is 54.6 Å². The van der Waals surface area contributed by atoms with Gasteiger partial charge in [-0.05, 0) is 59.5 Å². The fraction of sp³-hybridized carbons (Fsp3) is 0.125. The molecule has 0 fully saturated rings. The molecule has 0 spiro atoms.